The molecule has 18 heavy (non-hydrogen) atoms. The molecule has 0 radical (unpaired) electrons. The first kappa shape index (κ1) is 13.7. The van der Waals surface area contributed by atoms with Gasteiger partial charge in [-0.2, -0.15) is 0 Å². The van der Waals surface area contributed by atoms with Crippen molar-refractivity contribution in [3.8, 4) is 0 Å². The van der Waals surface area contributed by atoms with Crippen LogP contribution in [0.1, 0.15) is 29.0 Å². The van der Waals surface area contributed by atoms with Gasteiger partial charge in [-0.1, -0.05) is 6.92 Å². The summed E-state index contributed by atoms with van der Waals surface area (Å²) >= 11 is 5.31. The van der Waals surface area contributed by atoms with E-state index in [1.807, 2.05) is 19.4 Å². The molecule has 2 rings (SSSR count). The van der Waals surface area contributed by atoms with Crippen molar-refractivity contribution < 1.29 is 0 Å². The second-order valence-corrected chi connectivity index (χ2v) is 6.12. The highest BCUT2D eigenvalue weighted by molar-refractivity contribution is 9.10. The Labute approximate surface area is 121 Å². The van der Waals surface area contributed by atoms with Crippen molar-refractivity contribution in [1.29, 1.82) is 0 Å². The van der Waals surface area contributed by atoms with Gasteiger partial charge in [-0.25, -0.2) is 0 Å². The molecule has 0 aliphatic rings. The van der Waals surface area contributed by atoms with Crippen LogP contribution in [0.3, 0.4) is 0 Å². The molecular formula is C14H17BrN2S. The number of hydrogen-bond donors (Lipinski definition) is 1. The summed E-state index contributed by atoms with van der Waals surface area (Å²) in [7, 11) is 2.02. The molecule has 0 aliphatic carbocycles. The average molecular weight is 325 g/mol. The van der Waals surface area contributed by atoms with Crippen LogP contribution in [-0.4, -0.2) is 12.0 Å². The molecule has 1 atom stereocenters. The molecule has 2 aromatic heterocycles. The first-order valence-corrected chi connectivity index (χ1v) is 7.74. The van der Waals surface area contributed by atoms with Gasteiger partial charge in [0, 0.05) is 39.6 Å². The van der Waals surface area contributed by atoms with Crippen molar-refractivity contribution >= 4 is 27.3 Å². The van der Waals surface area contributed by atoms with Gasteiger partial charge in [0.1, 0.15) is 0 Å². The smallest absolute Gasteiger partial charge is 0.0370 e. The summed E-state index contributed by atoms with van der Waals surface area (Å²) in [4.78, 5) is 5.60. The maximum atomic E-state index is 4.21. The van der Waals surface area contributed by atoms with Gasteiger partial charge in [0.25, 0.3) is 0 Å². The number of nitrogens with zero attached hydrogens (tertiary/aromatic N) is 1. The minimum Gasteiger partial charge on any atom is -0.313 e. The van der Waals surface area contributed by atoms with E-state index in [9.17, 15) is 0 Å². The Balaban J connectivity index is 2.22. The predicted molar refractivity (Wildman–Crippen MR) is 81.1 cm³/mol. The highest BCUT2D eigenvalue weighted by Gasteiger charge is 2.14. The topological polar surface area (TPSA) is 24.9 Å². The summed E-state index contributed by atoms with van der Waals surface area (Å²) in [5, 5.41) is 5.55. The lowest BCUT2D eigenvalue weighted by atomic mass is 9.98. The molecule has 4 heteroatoms. The standard InChI is InChI=1S/C14H17BrN2S/c1-3-10-8-17-5-4-13(10)14(16-2)7-12-6-11(15)9-18-12/h4-6,8-9,14,16H,3,7H2,1-2H3. The molecule has 0 spiro atoms. The summed E-state index contributed by atoms with van der Waals surface area (Å²) in [6.07, 6.45) is 5.90. The molecule has 0 fully saturated rings. The van der Waals surface area contributed by atoms with E-state index in [0.717, 1.165) is 12.8 Å². The molecule has 0 aromatic carbocycles. The lowest BCUT2D eigenvalue weighted by molar-refractivity contribution is 0.590. The van der Waals surface area contributed by atoms with Gasteiger partial charge >= 0.3 is 0 Å². The van der Waals surface area contributed by atoms with E-state index >= 15 is 0 Å². The van der Waals surface area contributed by atoms with Gasteiger partial charge in [-0.3, -0.25) is 4.98 Å². The SMILES string of the molecule is CCc1cnccc1C(Cc1cc(Br)cs1)NC. The summed E-state index contributed by atoms with van der Waals surface area (Å²) in [5.74, 6) is 0. The van der Waals surface area contributed by atoms with Gasteiger partial charge in [0.15, 0.2) is 0 Å². The summed E-state index contributed by atoms with van der Waals surface area (Å²) in [6.45, 7) is 2.18. The van der Waals surface area contributed by atoms with Crippen LogP contribution in [0.25, 0.3) is 0 Å². The van der Waals surface area contributed by atoms with Crippen molar-refractivity contribution in [3.05, 3.63) is 50.4 Å². The Kier molecular flexibility index (Phi) is 4.92. The van der Waals surface area contributed by atoms with Crippen molar-refractivity contribution in [2.24, 2.45) is 0 Å². The van der Waals surface area contributed by atoms with E-state index < -0.39 is 0 Å². The first-order chi connectivity index (χ1) is 8.74. The summed E-state index contributed by atoms with van der Waals surface area (Å²) in [5.41, 5.74) is 2.69. The molecule has 1 unspecified atom stereocenters. The van der Waals surface area contributed by atoms with E-state index in [2.05, 4.69) is 50.7 Å². The Bertz CT molecular complexity index is 510. The van der Waals surface area contributed by atoms with Crippen molar-refractivity contribution in [2.75, 3.05) is 7.05 Å². The highest BCUT2D eigenvalue weighted by atomic mass is 79.9. The number of halogens is 1. The Morgan fingerprint density at radius 3 is 2.94 bits per heavy atom. The predicted octanol–water partition coefficient (Wildman–Crippen LogP) is 3.97. The van der Waals surface area contributed by atoms with Crippen LogP contribution in [0.4, 0.5) is 0 Å². The first-order valence-electron chi connectivity index (χ1n) is 6.07. The maximum absolute atomic E-state index is 4.21. The van der Waals surface area contributed by atoms with Crippen LogP contribution in [-0.2, 0) is 12.8 Å². The van der Waals surface area contributed by atoms with Gasteiger partial charge in [-0.05, 0) is 52.7 Å². The minimum atomic E-state index is 0.355. The lowest BCUT2D eigenvalue weighted by Gasteiger charge is -2.18. The number of hydrogen-bond acceptors (Lipinski definition) is 3. The van der Waals surface area contributed by atoms with E-state index in [0.29, 0.717) is 6.04 Å². The zero-order chi connectivity index (χ0) is 13.0. The fourth-order valence-electron chi connectivity index (χ4n) is 2.10. The Morgan fingerprint density at radius 2 is 2.33 bits per heavy atom. The number of aromatic nitrogens is 1. The highest BCUT2D eigenvalue weighted by Crippen LogP contribution is 2.26. The molecule has 1 N–H and O–H groups in total. The van der Waals surface area contributed by atoms with Gasteiger partial charge in [0.2, 0.25) is 0 Å². The monoisotopic (exact) mass is 324 g/mol. The number of nitrogens with one attached hydrogen (secondary N) is 1. The number of rotatable bonds is 5. The summed E-state index contributed by atoms with van der Waals surface area (Å²) in [6, 6.07) is 4.68. The van der Waals surface area contributed by atoms with E-state index in [1.165, 1.54) is 20.5 Å². The third-order valence-electron chi connectivity index (χ3n) is 3.07. The zero-order valence-corrected chi connectivity index (χ0v) is 13.0. The van der Waals surface area contributed by atoms with Gasteiger partial charge < -0.3 is 5.32 Å². The number of thiophene rings is 1. The van der Waals surface area contributed by atoms with Crippen molar-refractivity contribution in [2.45, 2.75) is 25.8 Å². The van der Waals surface area contributed by atoms with Crippen LogP contribution in [0.15, 0.2) is 34.4 Å². The molecule has 96 valence electrons. The third kappa shape index (κ3) is 3.19. The quantitative estimate of drug-likeness (QED) is 0.900. The Hall–Kier alpha value is -0.710. The lowest BCUT2D eigenvalue weighted by Crippen LogP contribution is -2.20. The van der Waals surface area contributed by atoms with Crippen LogP contribution >= 0.6 is 27.3 Å². The third-order valence-corrected chi connectivity index (χ3v) is 4.79. The fourth-order valence-corrected chi connectivity index (χ4v) is 3.60. The van der Waals surface area contributed by atoms with Crippen LogP contribution in [0.2, 0.25) is 0 Å². The fraction of sp³-hybridized carbons (Fsp3) is 0.357. The molecule has 2 nitrogen and oxygen atoms in total. The van der Waals surface area contributed by atoms with Crippen LogP contribution < -0.4 is 5.32 Å². The van der Waals surface area contributed by atoms with E-state index in [4.69, 9.17) is 0 Å². The number of likely N-dealkylation sites (N-methyl/N-ethyl adjacent to an activating group) is 1. The number of aryl methyl sites for hydroxylation is 1. The average Bonchev–Trinajstić information content (AvgIpc) is 2.81. The molecule has 0 saturated heterocycles. The van der Waals surface area contributed by atoms with E-state index in [1.54, 1.807) is 11.3 Å². The second kappa shape index (κ2) is 6.45. The van der Waals surface area contributed by atoms with Gasteiger partial charge in [0.05, 0.1) is 0 Å². The maximum Gasteiger partial charge on any atom is 0.0370 e. The summed E-state index contributed by atoms with van der Waals surface area (Å²) < 4.78 is 1.17. The molecule has 2 heterocycles. The molecule has 0 amide bonds. The molecule has 0 saturated carbocycles. The largest absolute Gasteiger partial charge is 0.313 e. The van der Waals surface area contributed by atoms with Crippen molar-refractivity contribution in [1.82, 2.24) is 10.3 Å². The molecule has 2 aromatic rings. The zero-order valence-electron chi connectivity index (χ0n) is 10.6. The number of pyridine rings is 1. The van der Waals surface area contributed by atoms with E-state index in [-0.39, 0.29) is 0 Å². The molecular weight excluding hydrogens is 308 g/mol. The second-order valence-electron chi connectivity index (χ2n) is 4.20. The Morgan fingerprint density at radius 1 is 1.50 bits per heavy atom. The molecule has 0 aliphatic heterocycles. The normalized spacial score (nSPS) is 12.6. The van der Waals surface area contributed by atoms with Crippen LogP contribution in [0, 0.1) is 0 Å². The molecule has 0 bridgehead atoms. The van der Waals surface area contributed by atoms with Crippen LogP contribution in [0.5, 0.6) is 0 Å². The van der Waals surface area contributed by atoms with Gasteiger partial charge in [-0.15, -0.1) is 11.3 Å². The minimum absolute atomic E-state index is 0.355. The van der Waals surface area contributed by atoms with Crippen molar-refractivity contribution in [3.63, 3.8) is 0 Å².